The SMILES string of the molecule is c1ccc(-c2ccc(-c3ccc4c(-c5ccc6ccccc6c5)c5cc(-c6ccc(-c7ccccc7)cc6)ccc5c(-c5ccc6ccccc6c5)c4c3)cc2)cc1. The molecule has 58 heavy (non-hydrogen) atoms. The molecular weight excluding hydrogens is 697 g/mol. The summed E-state index contributed by atoms with van der Waals surface area (Å²) in [5.41, 5.74) is 14.7. The van der Waals surface area contributed by atoms with Crippen molar-refractivity contribution < 1.29 is 0 Å². The fourth-order valence-electron chi connectivity index (χ4n) is 8.87. The lowest BCUT2D eigenvalue weighted by atomic mass is 9.83. The van der Waals surface area contributed by atoms with Gasteiger partial charge >= 0.3 is 0 Å². The molecule has 11 aromatic carbocycles. The van der Waals surface area contributed by atoms with Gasteiger partial charge in [-0.3, -0.25) is 0 Å². The summed E-state index contributed by atoms with van der Waals surface area (Å²) in [5.74, 6) is 0. The van der Waals surface area contributed by atoms with Gasteiger partial charge < -0.3 is 0 Å². The van der Waals surface area contributed by atoms with Crippen molar-refractivity contribution in [3.05, 3.63) is 231 Å². The highest BCUT2D eigenvalue weighted by Crippen LogP contribution is 2.47. The summed E-state index contributed by atoms with van der Waals surface area (Å²) in [6.45, 7) is 0. The summed E-state index contributed by atoms with van der Waals surface area (Å²) >= 11 is 0. The van der Waals surface area contributed by atoms with Crippen molar-refractivity contribution in [2.45, 2.75) is 0 Å². The Bertz CT molecular complexity index is 3060. The van der Waals surface area contributed by atoms with Crippen LogP contribution in [0.5, 0.6) is 0 Å². The smallest absolute Gasteiger partial charge is 0.00259 e. The zero-order valence-corrected chi connectivity index (χ0v) is 31.9. The topological polar surface area (TPSA) is 0 Å². The van der Waals surface area contributed by atoms with E-state index in [1.165, 1.54) is 110 Å². The molecule has 0 saturated carbocycles. The van der Waals surface area contributed by atoms with Crippen molar-refractivity contribution in [3.8, 4) is 66.8 Å². The van der Waals surface area contributed by atoms with Gasteiger partial charge in [-0.1, -0.05) is 206 Å². The molecule has 0 bridgehead atoms. The van der Waals surface area contributed by atoms with Crippen LogP contribution in [0.2, 0.25) is 0 Å². The van der Waals surface area contributed by atoms with Crippen molar-refractivity contribution in [2.24, 2.45) is 0 Å². The molecule has 0 N–H and O–H groups in total. The van der Waals surface area contributed by atoms with Crippen molar-refractivity contribution in [1.82, 2.24) is 0 Å². The monoisotopic (exact) mass is 734 g/mol. The Balaban J connectivity index is 1.18. The van der Waals surface area contributed by atoms with Crippen LogP contribution in [0.15, 0.2) is 231 Å². The van der Waals surface area contributed by atoms with E-state index in [4.69, 9.17) is 0 Å². The molecule has 0 radical (unpaired) electrons. The van der Waals surface area contributed by atoms with E-state index < -0.39 is 0 Å². The number of hydrogen-bond acceptors (Lipinski definition) is 0. The Morgan fingerprint density at radius 2 is 0.448 bits per heavy atom. The van der Waals surface area contributed by atoms with Gasteiger partial charge in [-0.15, -0.1) is 0 Å². The third-order valence-electron chi connectivity index (χ3n) is 11.8. The van der Waals surface area contributed by atoms with E-state index in [1.807, 2.05) is 0 Å². The lowest BCUT2D eigenvalue weighted by molar-refractivity contribution is 1.59. The molecule has 0 amide bonds. The van der Waals surface area contributed by atoms with Crippen LogP contribution in [-0.2, 0) is 0 Å². The van der Waals surface area contributed by atoms with Crippen LogP contribution in [0.25, 0.3) is 110 Å². The summed E-state index contributed by atoms with van der Waals surface area (Å²) in [4.78, 5) is 0. The van der Waals surface area contributed by atoms with Crippen LogP contribution in [0.4, 0.5) is 0 Å². The van der Waals surface area contributed by atoms with Gasteiger partial charge in [0.15, 0.2) is 0 Å². The van der Waals surface area contributed by atoms with Gasteiger partial charge in [0.25, 0.3) is 0 Å². The molecule has 0 fully saturated rings. The molecule has 11 rings (SSSR count). The number of benzene rings is 11. The Morgan fingerprint density at radius 3 is 0.845 bits per heavy atom. The standard InChI is InChI=1S/C58H38/c1-3-11-39(12-4-1)43-19-23-45(24-20-43)49-31-33-53-55(37-49)57(51-29-27-41-15-7-9-17-47(41)35-51)54-34-32-50(46-25-21-44(22-26-46)40-13-5-2-6-14-40)38-56(54)58(53)52-30-28-42-16-8-10-18-48(42)36-52/h1-38H. The first-order chi connectivity index (χ1) is 28.7. The molecule has 0 unspecified atom stereocenters. The molecule has 0 aliphatic rings. The molecule has 0 aliphatic carbocycles. The minimum absolute atomic E-state index is 1.20. The normalized spacial score (nSPS) is 11.4. The molecule has 0 nitrogen and oxygen atoms in total. The fourth-order valence-corrected chi connectivity index (χ4v) is 8.87. The molecule has 0 saturated heterocycles. The predicted molar refractivity (Wildman–Crippen MR) is 249 cm³/mol. The van der Waals surface area contributed by atoms with Gasteiger partial charge in [0.1, 0.15) is 0 Å². The van der Waals surface area contributed by atoms with Crippen LogP contribution in [0, 0.1) is 0 Å². The van der Waals surface area contributed by atoms with Gasteiger partial charge in [0.05, 0.1) is 0 Å². The number of rotatable bonds is 6. The minimum atomic E-state index is 1.20. The van der Waals surface area contributed by atoms with Crippen LogP contribution < -0.4 is 0 Å². The first-order valence-corrected chi connectivity index (χ1v) is 20.1. The van der Waals surface area contributed by atoms with E-state index in [1.54, 1.807) is 0 Å². The van der Waals surface area contributed by atoms with E-state index in [-0.39, 0.29) is 0 Å². The molecule has 0 heterocycles. The van der Waals surface area contributed by atoms with Crippen molar-refractivity contribution in [1.29, 1.82) is 0 Å². The van der Waals surface area contributed by atoms with Crippen LogP contribution in [0.1, 0.15) is 0 Å². The third kappa shape index (κ3) is 6.04. The molecule has 0 spiro atoms. The fraction of sp³-hybridized carbons (Fsp3) is 0. The second kappa shape index (κ2) is 14.2. The maximum absolute atomic E-state index is 2.43. The number of hydrogen-bond donors (Lipinski definition) is 0. The Morgan fingerprint density at radius 1 is 0.155 bits per heavy atom. The molecule has 0 aromatic heterocycles. The summed E-state index contributed by atoms with van der Waals surface area (Å²) in [6, 6.07) is 84.7. The largest absolute Gasteiger partial charge is 0.0622 e. The van der Waals surface area contributed by atoms with Gasteiger partial charge in [0, 0.05) is 0 Å². The Hall–Kier alpha value is -7.54. The predicted octanol–water partition coefficient (Wildman–Crippen LogP) is 16.3. The van der Waals surface area contributed by atoms with E-state index in [0.717, 1.165) is 0 Å². The van der Waals surface area contributed by atoms with Crippen molar-refractivity contribution in [2.75, 3.05) is 0 Å². The zero-order valence-electron chi connectivity index (χ0n) is 31.9. The highest BCUT2D eigenvalue weighted by Gasteiger charge is 2.19. The minimum Gasteiger partial charge on any atom is -0.0622 e. The van der Waals surface area contributed by atoms with Gasteiger partial charge in [0.2, 0.25) is 0 Å². The second-order valence-electron chi connectivity index (χ2n) is 15.3. The highest BCUT2D eigenvalue weighted by molar-refractivity contribution is 6.23. The average Bonchev–Trinajstić information content (AvgIpc) is 3.31. The Kier molecular flexibility index (Phi) is 8.26. The lowest BCUT2D eigenvalue weighted by Gasteiger charge is -2.20. The molecule has 270 valence electrons. The lowest BCUT2D eigenvalue weighted by Crippen LogP contribution is -1.93. The quantitative estimate of drug-likeness (QED) is 0.149. The molecule has 0 heteroatoms. The first-order valence-electron chi connectivity index (χ1n) is 20.1. The zero-order chi connectivity index (χ0) is 38.4. The Labute approximate surface area is 339 Å². The van der Waals surface area contributed by atoms with E-state index in [9.17, 15) is 0 Å². The van der Waals surface area contributed by atoms with Gasteiger partial charge in [-0.05, 0) is 134 Å². The van der Waals surface area contributed by atoms with Crippen LogP contribution in [-0.4, -0.2) is 0 Å². The summed E-state index contributed by atoms with van der Waals surface area (Å²) in [5, 5.41) is 9.94. The van der Waals surface area contributed by atoms with E-state index >= 15 is 0 Å². The summed E-state index contributed by atoms with van der Waals surface area (Å²) in [7, 11) is 0. The molecular formula is C58H38. The number of fused-ring (bicyclic) bond motifs is 4. The van der Waals surface area contributed by atoms with E-state index in [0.29, 0.717) is 0 Å². The highest BCUT2D eigenvalue weighted by atomic mass is 14.2. The third-order valence-corrected chi connectivity index (χ3v) is 11.8. The van der Waals surface area contributed by atoms with Crippen molar-refractivity contribution in [3.63, 3.8) is 0 Å². The van der Waals surface area contributed by atoms with Crippen LogP contribution >= 0.6 is 0 Å². The van der Waals surface area contributed by atoms with Gasteiger partial charge in [-0.25, -0.2) is 0 Å². The first kappa shape index (κ1) is 33.8. The maximum Gasteiger partial charge on any atom is -0.00259 e. The average molecular weight is 735 g/mol. The molecule has 11 aromatic rings. The summed E-state index contributed by atoms with van der Waals surface area (Å²) < 4.78 is 0. The van der Waals surface area contributed by atoms with E-state index in [2.05, 4.69) is 231 Å². The van der Waals surface area contributed by atoms with Crippen molar-refractivity contribution >= 4 is 43.1 Å². The second-order valence-corrected chi connectivity index (χ2v) is 15.3. The molecule has 0 aliphatic heterocycles. The molecule has 0 atom stereocenters. The summed E-state index contributed by atoms with van der Waals surface area (Å²) in [6.07, 6.45) is 0. The maximum atomic E-state index is 2.43. The van der Waals surface area contributed by atoms with Gasteiger partial charge in [-0.2, -0.15) is 0 Å². The van der Waals surface area contributed by atoms with Crippen LogP contribution in [0.3, 0.4) is 0 Å².